The van der Waals surface area contributed by atoms with Gasteiger partial charge in [0, 0.05) is 16.1 Å². The second-order valence-corrected chi connectivity index (χ2v) is 7.78. The zero-order chi connectivity index (χ0) is 25.4. The van der Waals surface area contributed by atoms with Crippen LogP contribution in [0.3, 0.4) is 0 Å². The van der Waals surface area contributed by atoms with Crippen molar-refractivity contribution in [1.82, 2.24) is 15.0 Å². The van der Waals surface area contributed by atoms with Gasteiger partial charge in [-0.25, -0.2) is 0 Å². The van der Waals surface area contributed by atoms with Gasteiger partial charge >= 0.3 is 0 Å². The summed E-state index contributed by atoms with van der Waals surface area (Å²) < 4.78 is 0. The number of halogens is 2. The highest BCUT2D eigenvalue weighted by molar-refractivity contribution is 6.31. The summed E-state index contributed by atoms with van der Waals surface area (Å²) in [6.45, 7) is 0. The van der Waals surface area contributed by atoms with Crippen molar-refractivity contribution >= 4 is 45.6 Å². The number of phenols is 2. The molecular weight excluding hydrogens is 493 g/mol. The molecule has 0 amide bonds. The van der Waals surface area contributed by atoms with Crippen LogP contribution < -0.4 is 5.73 Å². The molecule has 35 heavy (non-hydrogen) atoms. The predicted molar refractivity (Wildman–Crippen MR) is 136 cm³/mol. The SMILES string of the molecule is Nc1ccccc1[N+](=O)[O-].Oc1ccc(Cl)cc1.Oc1ccc(Cl)cc1-n1nc2ccccc2n1. The molecule has 0 aliphatic heterocycles. The number of anilines is 1. The standard InChI is InChI=1S/C12H8ClN3O.C6H5ClO.C6H6N2O2/c13-8-5-6-12(17)11(7-8)16-14-9-3-1-2-4-10(9)15-16;7-5-1-3-6(8)4-2-5;7-5-3-1-2-4-6(5)8(9)10/h1-7,17H;1-4,8H;1-4H,7H2. The Morgan fingerprint density at radius 2 is 1.34 bits per heavy atom. The molecule has 0 spiro atoms. The number of rotatable bonds is 2. The molecule has 5 rings (SSSR count). The van der Waals surface area contributed by atoms with Gasteiger partial charge in [-0.2, -0.15) is 0 Å². The Labute approximate surface area is 209 Å². The van der Waals surface area contributed by atoms with Crippen molar-refractivity contribution in [3.8, 4) is 17.2 Å². The third kappa shape index (κ3) is 7.07. The molecule has 0 saturated heterocycles. The van der Waals surface area contributed by atoms with Crippen LogP contribution in [0.4, 0.5) is 11.4 Å². The molecule has 0 radical (unpaired) electrons. The van der Waals surface area contributed by atoms with E-state index in [1.54, 1.807) is 48.5 Å². The van der Waals surface area contributed by atoms with Crippen molar-refractivity contribution in [2.45, 2.75) is 0 Å². The maximum Gasteiger partial charge on any atom is 0.292 e. The molecule has 0 fully saturated rings. The summed E-state index contributed by atoms with van der Waals surface area (Å²) in [5.41, 5.74) is 7.45. The van der Waals surface area contributed by atoms with Gasteiger partial charge in [0.1, 0.15) is 33.9 Å². The number of aromatic hydroxyl groups is 2. The summed E-state index contributed by atoms with van der Waals surface area (Å²) >= 11 is 11.4. The van der Waals surface area contributed by atoms with Gasteiger partial charge < -0.3 is 15.9 Å². The van der Waals surface area contributed by atoms with E-state index in [0.717, 1.165) is 11.0 Å². The lowest BCUT2D eigenvalue weighted by atomic mass is 10.3. The van der Waals surface area contributed by atoms with Gasteiger partial charge in [-0.3, -0.25) is 10.1 Å². The molecule has 4 aromatic carbocycles. The maximum absolute atomic E-state index is 10.1. The summed E-state index contributed by atoms with van der Waals surface area (Å²) in [6.07, 6.45) is 0. The smallest absolute Gasteiger partial charge is 0.292 e. The highest BCUT2D eigenvalue weighted by atomic mass is 35.5. The molecule has 11 heteroatoms. The average molecular weight is 512 g/mol. The van der Waals surface area contributed by atoms with E-state index in [9.17, 15) is 15.2 Å². The highest BCUT2D eigenvalue weighted by Crippen LogP contribution is 2.25. The van der Waals surface area contributed by atoms with Crippen molar-refractivity contribution in [3.05, 3.63) is 111 Å². The number of fused-ring (bicyclic) bond motifs is 1. The first-order valence-electron chi connectivity index (χ1n) is 9.99. The minimum Gasteiger partial charge on any atom is -0.508 e. The van der Waals surface area contributed by atoms with E-state index in [2.05, 4.69) is 10.2 Å². The van der Waals surface area contributed by atoms with Crippen LogP contribution in [0, 0.1) is 10.1 Å². The van der Waals surface area contributed by atoms with Gasteiger partial charge in [0.25, 0.3) is 5.69 Å². The van der Waals surface area contributed by atoms with Crippen LogP contribution in [0.5, 0.6) is 11.5 Å². The fraction of sp³-hybridized carbons (Fsp3) is 0. The number of nitrogens with zero attached hydrogens (tertiary/aromatic N) is 4. The van der Waals surface area contributed by atoms with Crippen molar-refractivity contribution in [3.63, 3.8) is 0 Å². The van der Waals surface area contributed by atoms with Gasteiger partial charge in [0.2, 0.25) is 0 Å². The van der Waals surface area contributed by atoms with E-state index in [-0.39, 0.29) is 22.9 Å². The Kier molecular flexibility index (Phi) is 8.44. The third-order valence-corrected chi connectivity index (χ3v) is 4.89. The monoisotopic (exact) mass is 511 g/mol. The summed E-state index contributed by atoms with van der Waals surface area (Å²) in [6, 6.07) is 24.7. The lowest BCUT2D eigenvalue weighted by molar-refractivity contribution is -0.383. The number of nitro groups is 1. The number of aromatic nitrogens is 3. The molecule has 9 nitrogen and oxygen atoms in total. The number of benzene rings is 4. The van der Waals surface area contributed by atoms with Crippen LogP contribution in [-0.4, -0.2) is 30.1 Å². The Bertz CT molecular complexity index is 1390. The van der Waals surface area contributed by atoms with Crippen LogP contribution in [0.2, 0.25) is 10.0 Å². The van der Waals surface area contributed by atoms with Crippen molar-refractivity contribution in [2.24, 2.45) is 0 Å². The van der Waals surface area contributed by atoms with Crippen molar-refractivity contribution in [1.29, 1.82) is 0 Å². The van der Waals surface area contributed by atoms with Gasteiger partial charge in [-0.15, -0.1) is 15.0 Å². The number of phenolic OH excluding ortho intramolecular Hbond substituents is 2. The largest absolute Gasteiger partial charge is 0.508 e. The van der Waals surface area contributed by atoms with Gasteiger partial charge in [0.15, 0.2) is 0 Å². The van der Waals surface area contributed by atoms with E-state index in [0.29, 0.717) is 15.7 Å². The maximum atomic E-state index is 10.1. The number of hydrogen-bond donors (Lipinski definition) is 3. The Hall–Kier alpha value is -4.34. The average Bonchev–Trinajstić information content (AvgIpc) is 3.28. The number of para-hydroxylation sites is 2. The highest BCUT2D eigenvalue weighted by Gasteiger charge is 2.09. The molecule has 0 bridgehead atoms. The number of nitrogen functional groups attached to an aromatic ring is 1. The second-order valence-electron chi connectivity index (χ2n) is 6.90. The van der Waals surface area contributed by atoms with E-state index in [1.807, 2.05) is 24.3 Å². The Morgan fingerprint density at radius 3 is 1.86 bits per heavy atom. The lowest BCUT2D eigenvalue weighted by Gasteiger charge is -2.02. The minimum absolute atomic E-state index is 0.0394. The number of nitrogens with two attached hydrogens (primary N) is 1. The van der Waals surface area contributed by atoms with Crippen LogP contribution in [0.15, 0.2) is 91.0 Å². The number of hydrogen-bond acceptors (Lipinski definition) is 7. The normalized spacial score (nSPS) is 10.0. The first kappa shape index (κ1) is 25.3. The molecule has 0 aliphatic carbocycles. The van der Waals surface area contributed by atoms with Gasteiger partial charge in [0.05, 0.1) is 4.92 Å². The molecule has 1 aromatic heterocycles. The van der Waals surface area contributed by atoms with Gasteiger partial charge in [-0.05, 0) is 60.7 Å². The zero-order valence-electron chi connectivity index (χ0n) is 18.0. The predicted octanol–water partition coefficient (Wildman–Crippen LogP) is 6.00. The molecule has 0 atom stereocenters. The molecule has 4 N–H and O–H groups in total. The van der Waals surface area contributed by atoms with Gasteiger partial charge in [-0.1, -0.05) is 47.5 Å². The van der Waals surface area contributed by atoms with Crippen LogP contribution in [0.25, 0.3) is 16.7 Å². The van der Waals surface area contributed by atoms with Crippen molar-refractivity contribution < 1.29 is 15.1 Å². The van der Waals surface area contributed by atoms with E-state index in [1.165, 1.54) is 23.0 Å². The molecule has 0 aliphatic rings. The first-order valence-corrected chi connectivity index (χ1v) is 10.7. The summed E-state index contributed by atoms with van der Waals surface area (Å²) in [4.78, 5) is 11.0. The second kappa shape index (κ2) is 11.7. The lowest BCUT2D eigenvalue weighted by Crippen LogP contribution is -1.98. The van der Waals surface area contributed by atoms with E-state index < -0.39 is 4.92 Å². The molecule has 1 heterocycles. The minimum atomic E-state index is -0.505. The van der Waals surface area contributed by atoms with Crippen LogP contribution in [0.1, 0.15) is 0 Å². The third-order valence-electron chi connectivity index (χ3n) is 4.40. The van der Waals surface area contributed by atoms with E-state index in [4.69, 9.17) is 34.0 Å². The first-order chi connectivity index (χ1) is 16.7. The fourth-order valence-electron chi connectivity index (χ4n) is 2.72. The Morgan fingerprint density at radius 1 is 0.800 bits per heavy atom. The van der Waals surface area contributed by atoms with Crippen LogP contribution >= 0.6 is 23.2 Å². The zero-order valence-corrected chi connectivity index (χ0v) is 19.5. The molecular formula is C24H19Cl2N5O4. The number of nitro benzene ring substituents is 1. The van der Waals surface area contributed by atoms with Crippen molar-refractivity contribution in [2.75, 3.05) is 5.73 Å². The Balaban J connectivity index is 0.000000162. The summed E-state index contributed by atoms with van der Waals surface area (Å²) in [5, 5.41) is 38.3. The summed E-state index contributed by atoms with van der Waals surface area (Å²) in [7, 11) is 0. The summed E-state index contributed by atoms with van der Waals surface area (Å²) in [5.74, 6) is 0.337. The quantitative estimate of drug-likeness (QED) is 0.150. The van der Waals surface area contributed by atoms with Crippen LogP contribution in [-0.2, 0) is 0 Å². The molecule has 0 saturated carbocycles. The molecule has 0 unspecified atom stereocenters. The van der Waals surface area contributed by atoms with E-state index >= 15 is 0 Å². The molecule has 178 valence electrons. The fourth-order valence-corrected chi connectivity index (χ4v) is 3.01. The topological polar surface area (TPSA) is 140 Å². The molecule has 5 aromatic rings.